The van der Waals surface area contributed by atoms with Gasteiger partial charge in [0.25, 0.3) is 5.91 Å². The Hall–Kier alpha value is -1.92. The topological polar surface area (TPSA) is 77.0 Å². The average molecular weight is 376 g/mol. The summed E-state index contributed by atoms with van der Waals surface area (Å²) < 4.78 is 1.70. The van der Waals surface area contributed by atoms with Crippen LogP contribution in [0.15, 0.2) is 24.3 Å². The third kappa shape index (κ3) is 3.76. The lowest BCUT2D eigenvalue weighted by molar-refractivity contribution is 0.0571. The highest BCUT2D eigenvalue weighted by Gasteiger charge is 2.32. The van der Waals surface area contributed by atoms with E-state index in [0.29, 0.717) is 11.6 Å². The molecule has 0 radical (unpaired) electrons. The highest BCUT2D eigenvalue weighted by atomic mass is 35.5. The van der Waals surface area contributed by atoms with Gasteiger partial charge < -0.3 is 10.6 Å². The van der Waals surface area contributed by atoms with Crippen molar-refractivity contribution in [3.63, 3.8) is 0 Å². The average Bonchev–Trinajstić information content (AvgIpc) is 3.05. The zero-order chi connectivity index (χ0) is 18.7. The number of likely N-dealkylation sites (tertiary alicyclic amines) is 1. The molecule has 0 aliphatic carbocycles. The van der Waals surface area contributed by atoms with E-state index in [4.69, 9.17) is 17.3 Å². The SMILES string of the molecule is CCCc1nc(C(=O)N2CCCCC2C(C)N)nn1-c1ccccc1Cl. The third-order valence-corrected chi connectivity index (χ3v) is 5.16. The van der Waals surface area contributed by atoms with Crippen LogP contribution in [0.5, 0.6) is 0 Å². The minimum Gasteiger partial charge on any atom is -0.331 e. The van der Waals surface area contributed by atoms with Crippen LogP contribution in [-0.4, -0.2) is 44.2 Å². The number of carbonyl (C=O) groups is 1. The number of aromatic nitrogens is 3. The number of amides is 1. The lowest BCUT2D eigenvalue weighted by Gasteiger charge is -2.37. The number of aryl methyl sites for hydroxylation is 1. The van der Waals surface area contributed by atoms with E-state index in [2.05, 4.69) is 17.0 Å². The van der Waals surface area contributed by atoms with Gasteiger partial charge in [-0.05, 0) is 44.7 Å². The summed E-state index contributed by atoms with van der Waals surface area (Å²) in [5.41, 5.74) is 6.85. The molecule has 6 nitrogen and oxygen atoms in total. The van der Waals surface area contributed by atoms with Crippen LogP contribution in [0, 0.1) is 0 Å². The van der Waals surface area contributed by atoms with Crippen LogP contribution < -0.4 is 5.73 Å². The van der Waals surface area contributed by atoms with Crippen molar-refractivity contribution in [2.75, 3.05) is 6.54 Å². The molecule has 2 heterocycles. The van der Waals surface area contributed by atoms with E-state index < -0.39 is 0 Å². The standard InChI is InChI=1S/C19H26ClN5O/c1-3-8-17-22-18(23-25(17)16-11-5-4-9-14(16)20)19(26)24-12-7-6-10-15(24)13(2)21/h4-5,9,11,13,15H,3,6-8,10,12,21H2,1-2H3. The Balaban J connectivity index is 1.96. The zero-order valence-electron chi connectivity index (χ0n) is 15.4. The predicted molar refractivity (Wildman–Crippen MR) is 103 cm³/mol. The van der Waals surface area contributed by atoms with Gasteiger partial charge >= 0.3 is 0 Å². The van der Waals surface area contributed by atoms with Crippen LogP contribution >= 0.6 is 11.6 Å². The molecule has 1 amide bonds. The summed E-state index contributed by atoms with van der Waals surface area (Å²) in [5.74, 6) is 0.828. The van der Waals surface area contributed by atoms with Crippen molar-refractivity contribution in [1.82, 2.24) is 19.7 Å². The summed E-state index contributed by atoms with van der Waals surface area (Å²) in [6.07, 6.45) is 4.64. The quantitative estimate of drug-likeness (QED) is 0.870. The van der Waals surface area contributed by atoms with Gasteiger partial charge in [-0.2, -0.15) is 0 Å². The van der Waals surface area contributed by atoms with E-state index in [9.17, 15) is 4.79 Å². The van der Waals surface area contributed by atoms with E-state index in [0.717, 1.165) is 43.6 Å². The maximum atomic E-state index is 13.1. The normalized spacial score (nSPS) is 18.8. The van der Waals surface area contributed by atoms with Crippen molar-refractivity contribution in [2.24, 2.45) is 5.73 Å². The van der Waals surface area contributed by atoms with Gasteiger partial charge in [0, 0.05) is 25.0 Å². The van der Waals surface area contributed by atoms with Crippen molar-refractivity contribution in [1.29, 1.82) is 0 Å². The first-order valence-corrected chi connectivity index (χ1v) is 9.68. The second-order valence-corrected chi connectivity index (χ2v) is 7.29. The van der Waals surface area contributed by atoms with Gasteiger partial charge in [-0.25, -0.2) is 9.67 Å². The summed E-state index contributed by atoms with van der Waals surface area (Å²) in [7, 11) is 0. The second-order valence-electron chi connectivity index (χ2n) is 6.89. The van der Waals surface area contributed by atoms with Crippen LogP contribution in [0.1, 0.15) is 56.0 Å². The lowest BCUT2D eigenvalue weighted by Crippen LogP contribution is -2.51. The number of hydrogen-bond acceptors (Lipinski definition) is 4. The maximum absolute atomic E-state index is 13.1. The Morgan fingerprint density at radius 3 is 2.85 bits per heavy atom. The minimum atomic E-state index is -0.143. The van der Waals surface area contributed by atoms with Crippen LogP contribution in [0.4, 0.5) is 0 Å². The molecule has 1 aliphatic rings. The first-order chi connectivity index (χ1) is 12.5. The van der Waals surface area contributed by atoms with Gasteiger partial charge in [0.15, 0.2) is 0 Å². The summed E-state index contributed by atoms with van der Waals surface area (Å²) in [4.78, 5) is 19.5. The number of nitrogens with zero attached hydrogens (tertiary/aromatic N) is 4. The molecule has 1 aliphatic heterocycles. The van der Waals surface area contributed by atoms with Crippen molar-refractivity contribution >= 4 is 17.5 Å². The molecule has 0 bridgehead atoms. The van der Waals surface area contributed by atoms with E-state index in [-0.39, 0.29) is 23.8 Å². The van der Waals surface area contributed by atoms with Crippen molar-refractivity contribution in [3.8, 4) is 5.69 Å². The van der Waals surface area contributed by atoms with Gasteiger partial charge in [0.1, 0.15) is 5.82 Å². The monoisotopic (exact) mass is 375 g/mol. The van der Waals surface area contributed by atoms with Crippen LogP contribution in [-0.2, 0) is 6.42 Å². The Labute approximate surface area is 159 Å². The molecule has 0 spiro atoms. The molecule has 2 unspecified atom stereocenters. The van der Waals surface area contributed by atoms with Gasteiger partial charge in [-0.3, -0.25) is 4.79 Å². The van der Waals surface area contributed by atoms with Gasteiger partial charge in [0.2, 0.25) is 5.82 Å². The van der Waals surface area contributed by atoms with Crippen molar-refractivity contribution in [2.45, 2.75) is 58.0 Å². The number of halogens is 1. The fraction of sp³-hybridized carbons (Fsp3) is 0.526. The van der Waals surface area contributed by atoms with E-state index in [1.807, 2.05) is 36.1 Å². The summed E-state index contributed by atoms with van der Waals surface area (Å²) in [5, 5.41) is 5.10. The fourth-order valence-corrected chi connectivity index (χ4v) is 3.74. The highest BCUT2D eigenvalue weighted by Crippen LogP contribution is 2.23. The molecule has 1 saturated heterocycles. The Morgan fingerprint density at radius 1 is 1.38 bits per heavy atom. The molecule has 2 N–H and O–H groups in total. The summed E-state index contributed by atoms with van der Waals surface area (Å²) >= 11 is 6.33. The molecule has 26 heavy (non-hydrogen) atoms. The van der Waals surface area contributed by atoms with Crippen molar-refractivity contribution < 1.29 is 4.79 Å². The fourth-order valence-electron chi connectivity index (χ4n) is 3.52. The molecule has 1 aromatic heterocycles. The highest BCUT2D eigenvalue weighted by molar-refractivity contribution is 6.32. The van der Waals surface area contributed by atoms with E-state index in [1.165, 1.54) is 0 Å². The minimum absolute atomic E-state index is 0.0399. The molecule has 7 heteroatoms. The van der Waals surface area contributed by atoms with Crippen LogP contribution in [0.25, 0.3) is 5.69 Å². The molecular formula is C19H26ClN5O. The summed E-state index contributed by atoms with van der Waals surface area (Å²) in [6.45, 7) is 4.73. The zero-order valence-corrected chi connectivity index (χ0v) is 16.1. The maximum Gasteiger partial charge on any atom is 0.293 e. The molecule has 0 saturated carbocycles. The third-order valence-electron chi connectivity index (χ3n) is 4.84. The number of para-hydroxylation sites is 1. The van der Waals surface area contributed by atoms with E-state index in [1.54, 1.807) is 4.68 Å². The van der Waals surface area contributed by atoms with Gasteiger partial charge in [0.05, 0.1) is 10.7 Å². The number of nitrogens with two attached hydrogens (primary N) is 1. The number of benzene rings is 1. The number of rotatable bonds is 5. The second kappa shape index (κ2) is 8.18. The smallest absolute Gasteiger partial charge is 0.293 e. The largest absolute Gasteiger partial charge is 0.331 e. The number of piperidine rings is 1. The molecule has 140 valence electrons. The molecule has 1 aromatic carbocycles. The van der Waals surface area contributed by atoms with E-state index >= 15 is 0 Å². The molecule has 1 fully saturated rings. The molecule has 2 aromatic rings. The van der Waals surface area contributed by atoms with Crippen LogP contribution in [0.2, 0.25) is 5.02 Å². The number of carbonyl (C=O) groups excluding carboxylic acids is 1. The molecular weight excluding hydrogens is 350 g/mol. The Morgan fingerprint density at radius 2 is 2.15 bits per heavy atom. The predicted octanol–water partition coefficient (Wildman–Crippen LogP) is 3.22. The first kappa shape index (κ1) is 18.9. The number of hydrogen-bond donors (Lipinski definition) is 1. The van der Waals surface area contributed by atoms with Crippen LogP contribution in [0.3, 0.4) is 0 Å². The first-order valence-electron chi connectivity index (χ1n) is 9.30. The molecule has 3 rings (SSSR count). The van der Waals surface area contributed by atoms with Crippen molar-refractivity contribution in [3.05, 3.63) is 40.9 Å². The van der Waals surface area contributed by atoms with Gasteiger partial charge in [-0.15, -0.1) is 5.10 Å². The lowest BCUT2D eigenvalue weighted by atomic mass is 9.97. The van der Waals surface area contributed by atoms with Gasteiger partial charge in [-0.1, -0.05) is 30.7 Å². The molecule has 2 atom stereocenters. The Bertz CT molecular complexity index is 773. The Kier molecular flexibility index (Phi) is 5.94. The summed E-state index contributed by atoms with van der Waals surface area (Å²) in [6, 6.07) is 7.44.